The third-order valence-corrected chi connectivity index (χ3v) is 14.9. The first kappa shape index (κ1) is 31.3. The Kier molecular flexibility index (Phi) is 6.87. The van der Waals surface area contributed by atoms with Crippen LogP contribution in [-0.2, 0) is 14.3 Å². The number of carboxylic acid groups (broad SMARTS) is 1. The molecule has 1 heterocycles. The number of carbonyl (C=O) groups is 1. The maximum Gasteiger partial charge on any atom is 0.310 e. The van der Waals surface area contributed by atoms with Crippen molar-refractivity contribution in [3.63, 3.8) is 0 Å². The highest BCUT2D eigenvalue weighted by atomic mass is 16.7. The number of allylic oxidation sites excluding steroid dienone is 2. The molecule has 0 amide bonds. The Balaban J connectivity index is 1.22. The molecule has 4 unspecified atom stereocenters. The smallest absolute Gasteiger partial charge is 0.310 e. The van der Waals surface area contributed by atoms with E-state index < -0.39 is 40.2 Å². The maximum atomic E-state index is 13.0. The van der Waals surface area contributed by atoms with Gasteiger partial charge in [-0.15, -0.1) is 0 Å². The Morgan fingerprint density at radius 3 is 2.42 bits per heavy atom. The number of carboxylic acids is 1. The molecule has 0 spiro atoms. The largest absolute Gasteiger partial charge is 0.481 e. The number of benzene rings is 1. The van der Waals surface area contributed by atoms with Crippen LogP contribution in [0.5, 0.6) is 0 Å². The zero-order chi connectivity index (χ0) is 32.4. The number of aliphatic carboxylic acids is 1. The van der Waals surface area contributed by atoms with Crippen molar-refractivity contribution < 1.29 is 29.4 Å². The van der Waals surface area contributed by atoms with Crippen molar-refractivity contribution in [3.8, 4) is 0 Å². The molecule has 11 atom stereocenters. The molecular weight excluding hydrogens is 570 g/mol. The summed E-state index contributed by atoms with van der Waals surface area (Å²) in [6.45, 7) is 14.6. The fraction of sp³-hybridized carbons (Fsp3) is 0.757. The lowest BCUT2D eigenvalue weighted by Gasteiger charge is -2.72. The van der Waals surface area contributed by atoms with Gasteiger partial charge in [0.1, 0.15) is 0 Å². The monoisotopic (exact) mass is 621 g/mol. The lowest BCUT2D eigenvalue weighted by atomic mass is 9.33. The number of ether oxygens (including phenoxy) is 2. The standard InChI is InChI=1S/C37H51NO7/c1-32(2)14-16-37(31(40)41)17-15-35(5)24(25(37)19-32)10-11-28-33(3)20-26(39)29-34(4,27(33)12-13-36(28,35)6)21-44-30(45-29)22-8-7-9-23(18-22)38(42)43/h7-10,18,25-30,39H,11-17,19-21H2,1-6H3,(H,40,41)/t25?,26-,27?,28?,29+,30?,33+,34+,35-,36-,37+/m1/s1. The van der Waals surface area contributed by atoms with Crippen LogP contribution in [0.15, 0.2) is 35.9 Å². The summed E-state index contributed by atoms with van der Waals surface area (Å²) in [6, 6.07) is 6.40. The molecule has 8 heteroatoms. The minimum atomic E-state index is -0.758. The topological polar surface area (TPSA) is 119 Å². The highest BCUT2D eigenvalue weighted by Gasteiger charge is 2.71. The highest BCUT2D eigenvalue weighted by molar-refractivity contribution is 5.76. The van der Waals surface area contributed by atoms with Crippen LogP contribution >= 0.6 is 0 Å². The summed E-state index contributed by atoms with van der Waals surface area (Å²) in [7, 11) is 0. The van der Waals surface area contributed by atoms with E-state index in [0.29, 0.717) is 24.5 Å². The first-order valence-electron chi connectivity index (χ1n) is 17.1. The quantitative estimate of drug-likeness (QED) is 0.200. The summed E-state index contributed by atoms with van der Waals surface area (Å²) >= 11 is 0. The van der Waals surface area contributed by atoms with E-state index >= 15 is 0 Å². The third-order valence-electron chi connectivity index (χ3n) is 14.9. The van der Waals surface area contributed by atoms with Crippen LogP contribution in [-0.4, -0.2) is 39.9 Å². The number of hydrogen-bond donors (Lipinski definition) is 2. The van der Waals surface area contributed by atoms with Crippen molar-refractivity contribution in [2.45, 2.75) is 118 Å². The molecule has 0 radical (unpaired) electrons. The van der Waals surface area contributed by atoms with E-state index in [4.69, 9.17) is 9.47 Å². The molecule has 0 bridgehead atoms. The summed E-state index contributed by atoms with van der Waals surface area (Å²) in [6.07, 6.45) is 8.47. The number of aliphatic hydroxyl groups excluding tert-OH is 1. The first-order valence-corrected chi connectivity index (χ1v) is 17.1. The molecule has 1 saturated heterocycles. The van der Waals surface area contributed by atoms with Gasteiger partial charge in [0.15, 0.2) is 6.29 Å². The van der Waals surface area contributed by atoms with Gasteiger partial charge in [0.05, 0.1) is 29.2 Å². The number of nitrogens with zero attached hydrogens (tertiary/aromatic N) is 1. The highest BCUT2D eigenvalue weighted by Crippen LogP contribution is 2.76. The van der Waals surface area contributed by atoms with Gasteiger partial charge >= 0.3 is 5.97 Å². The van der Waals surface area contributed by atoms with Gasteiger partial charge in [-0.2, -0.15) is 0 Å². The average molecular weight is 622 g/mol. The van der Waals surface area contributed by atoms with Crippen molar-refractivity contribution in [2.24, 2.45) is 50.2 Å². The minimum absolute atomic E-state index is 0.00492. The molecule has 1 aliphatic heterocycles. The lowest BCUT2D eigenvalue weighted by Crippen LogP contribution is -2.69. The molecule has 45 heavy (non-hydrogen) atoms. The zero-order valence-corrected chi connectivity index (χ0v) is 27.8. The van der Waals surface area contributed by atoms with Gasteiger partial charge in [-0.3, -0.25) is 14.9 Å². The Bertz CT molecular complexity index is 1460. The summed E-state index contributed by atoms with van der Waals surface area (Å²) in [4.78, 5) is 24.0. The molecule has 1 aromatic rings. The molecule has 7 rings (SSSR count). The number of nitro benzene ring substituents is 1. The van der Waals surface area contributed by atoms with Crippen LogP contribution in [0.1, 0.15) is 111 Å². The summed E-state index contributed by atoms with van der Waals surface area (Å²) < 4.78 is 12.9. The van der Waals surface area contributed by atoms with E-state index in [1.807, 2.05) is 0 Å². The van der Waals surface area contributed by atoms with Gasteiger partial charge in [-0.25, -0.2) is 0 Å². The number of rotatable bonds is 3. The van der Waals surface area contributed by atoms with Crippen LogP contribution in [0.4, 0.5) is 5.69 Å². The van der Waals surface area contributed by atoms with Crippen LogP contribution in [0, 0.1) is 60.4 Å². The van der Waals surface area contributed by atoms with Gasteiger partial charge in [0, 0.05) is 23.1 Å². The predicted octanol–water partition coefficient (Wildman–Crippen LogP) is 7.85. The van der Waals surface area contributed by atoms with Crippen LogP contribution < -0.4 is 0 Å². The maximum absolute atomic E-state index is 13.0. The second-order valence-corrected chi connectivity index (χ2v) is 17.5. The zero-order valence-electron chi connectivity index (χ0n) is 27.8. The fourth-order valence-electron chi connectivity index (χ4n) is 12.4. The Morgan fingerprint density at radius 2 is 1.71 bits per heavy atom. The normalized spacial score (nSPS) is 48.4. The molecule has 1 aromatic carbocycles. The van der Waals surface area contributed by atoms with Crippen molar-refractivity contribution in [2.75, 3.05) is 6.61 Å². The van der Waals surface area contributed by atoms with Gasteiger partial charge in [0.2, 0.25) is 0 Å². The predicted molar refractivity (Wildman–Crippen MR) is 169 cm³/mol. The van der Waals surface area contributed by atoms with Gasteiger partial charge in [0.25, 0.3) is 5.69 Å². The van der Waals surface area contributed by atoms with E-state index in [9.17, 15) is 25.1 Å². The van der Waals surface area contributed by atoms with Crippen molar-refractivity contribution in [1.29, 1.82) is 0 Å². The van der Waals surface area contributed by atoms with E-state index in [1.165, 1.54) is 17.7 Å². The molecule has 2 N–H and O–H groups in total. The van der Waals surface area contributed by atoms with Crippen LogP contribution in [0.2, 0.25) is 0 Å². The SMILES string of the molecule is CC1(C)CC[C@]2(C(=O)O)CC[C@]3(C)C(=CCC4[C@@]5(C)C[C@@H](O)[C@@H]6OC(c7cccc([N+](=O)[O-])c7)OC[C@@]6(C)C5CC[C@]43C)C2C1. The third kappa shape index (κ3) is 4.16. The number of nitro groups is 1. The second-order valence-electron chi connectivity index (χ2n) is 17.5. The number of fused-ring (bicyclic) bond motifs is 9. The molecule has 8 nitrogen and oxygen atoms in total. The fourth-order valence-corrected chi connectivity index (χ4v) is 12.4. The minimum Gasteiger partial charge on any atom is -0.481 e. The molecule has 6 aliphatic rings. The van der Waals surface area contributed by atoms with E-state index in [1.54, 1.807) is 12.1 Å². The van der Waals surface area contributed by atoms with Gasteiger partial charge in [-0.05, 0) is 97.2 Å². The summed E-state index contributed by atoms with van der Waals surface area (Å²) in [5.41, 5.74) is 0.820. The Hall–Kier alpha value is -2.29. The van der Waals surface area contributed by atoms with E-state index in [2.05, 4.69) is 47.6 Å². The Morgan fingerprint density at radius 1 is 0.978 bits per heavy atom. The van der Waals surface area contributed by atoms with Crippen LogP contribution in [0.3, 0.4) is 0 Å². The second kappa shape index (κ2) is 9.86. The number of aliphatic hydroxyl groups is 1. The van der Waals surface area contributed by atoms with Crippen molar-refractivity contribution >= 4 is 11.7 Å². The number of non-ortho nitro benzene ring substituents is 1. The lowest BCUT2D eigenvalue weighted by molar-refractivity contribution is -0.385. The van der Waals surface area contributed by atoms with E-state index in [0.717, 1.165) is 51.4 Å². The molecule has 4 saturated carbocycles. The number of hydrogen-bond acceptors (Lipinski definition) is 6. The van der Waals surface area contributed by atoms with Gasteiger partial charge < -0.3 is 19.7 Å². The van der Waals surface area contributed by atoms with Crippen LogP contribution in [0.25, 0.3) is 0 Å². The molecule has 5 fully saturated rings. The van der Waals surface area contributed by atoms with Crippen molar-refractivity contribution in [1.82, 2.24) is 0 Å². The van der Waals surface area contributed by atoms with E-state index in [-0.39, 0.29) is 39.2 Å². The molecule has 246 valence electrons. The summed E-state index contributed by atoms with van der Waals surface area (Å²) in [5.74, 6) is 0.0827. The molecule has 5 aliphatic carbocycles. The summed E-state index contributed by atoms with van der Waals surface area (Å²) in [5, 5.41) is 33.9. The van der Waals surface area contributed by atoms with Gasteiger partial charge in [-0.1, -0.05) is 65.3 Å². The Labute approximate surface area is 267 Å². The molecular formula is C37H51NO7. The first-order chi connectivity index (χ1) is 21.0. The van der Waals surface area contributed by atoms with Crippen molar-refractivity contribution in [3.05, 3.63) is 51.6 Å². The molecule has 0 aromatic heterocycles. The average Bonchev–Trinajstić information content (AvgIpc) is 2.97.